The highest BCUT2D eigenvalue weighted by atomic mass is 19.2. The van der Waals surface area contributed by atoms with Gasteiger partial charge in [-0.1, -0.05) is 26.7 Å². The van der Waals surface area contributed by atoms with E-state index in [0.717, 1.165) is 64.2 Å². The number of amides is 1. The Bertz CT molecular complexity index is 1130. The molecule has 2 N–H and O–H groups in total. The van der Waals surface area contributed by atoms with Crippen LogP contribution >= 0.6 is 0 Å². The molecule has 1 aliphatic heterocycles. The molecule has 0 radical (unpaired) electrons. The van der Waals surface area contributed by atoms with Gasteiger partial charge in [0.25, 0.3) is 0 Å². The molecule has 1 saturated carbocycles. The Balaban J connectivity index is 1.47. The molecule has 1 spiro atoms. The quantitative estimate of drug-likeness (QED) is 0.331. The van der Waals surface area contributed by atoms with Crippen molar-refractivity contribution in [1.29, 1.82) is 0 Å². The zero-order valence-electron chi connectivity index (χ0n) is 22.7. The number of methoxy groups -OCH3 is 1. The summed E-state index contributed by atoms with van der Waals surface area (Å²) < 4.78 is 34.0. The maximum Gasteiger partial charge on any atom is 0.224 e. The van der Waals surface area contributed by atoms with Crippen LogP contribution in [0.4, 0.5) is 8.78 Å². The topological polar surface area (TPSA) is 87.3 Å². The summed E-state index contributed by atoms with van der Waals surface area (Å²) in [6.45, 7) is 7.14. The van der Waals surface area contributed by atoms with Crippen LogP contribution in [0.5, 0.6) is 5.75 Å². The minimum absolute atomic E-state index is 0.00127. The van der Waals surface area contributed by atoms with Gasteiger partial charge in [0.2, 0.25) is 5.91 Å². The van der Waals surface area contributed by atoms with Crippen molar-refractivity contribution < 1.29 is 23.1 Å². The monoisotopic (exact) mass is 530 g/mol. The Hall–Kier alpha value is -2.81. The van der Waals surface area contributed by atoms with Crippen LogP contribution in [0.3, 0.4) is 0 Å². The number of imidazole rings is 1. The Morgan fingerprint density at radius 1 is 1.21 bits per heavy atom. The normalized spacial score (nSPS) is 19.3. The third-order valence-electron chi connectivity index (χ3n) is 8.44. The van der Waals surface area contributed by atoms with E-state index in [0.29, 0.717) is 25.1 Å². The third kappa shape index (κ3) is 6.25. The van der Waals surface area contributed by atoms with E-state index >= 15 is 0 Å². The van der Waals surface area contributed by atoms with Gasteiger partial charge in [-0.2, -0.15) is 0 Å². The van der Waals surface area contributed by atoms with Crippen LogP contribution in [0.15, 0.2) is 18.3 Å². The van der Waals surface area contributed by atoms with Gasteiger partial charge >= 0.3 is 0 Å². The number of likely N-dealkylation sites (tertiary alicyclic amines) is 1. The van der Waals surface area contributed by atoms with Gasteiger partial charge < -0.3 is 19.9 Å². The molecule has 38 heavy (non-hydrogen) atoms. The molecule has 2 fully saturated rings. The summed E-state index contributed by atoms with van der Waals surface area (Å²) in [5.41, 5.74) is 0.363. The number of rotatable bonds is 13. The number of aromatic nitrogens is 2. The van der Waals surface area contributed by atoms with E-state index in [-0.39, 0.29) is 40.0 Å². The van der Waals surface area contributed by atoms with Crippen molar-refractivity contribution in [1.82, 2.24) is 20.2 Å². The van der Waals surface area contributed by atoms with Gasteiger partial charge in [0.15, 0.2) is 11.6 Å². The summed E-state index contributed by atoms with van der Waals surface area (Å²) in [7, 11) is 1.40. The van der Waals surface area contributed by atoms with E-state index in [1.165, 1.54) is 19.4 Å². The molecular weight excluding hydrogens is 490 g/mol. The molecule has 1 aromatic heterocycles. The zero-order valence-corrected chi connectivity index (χ0v) is 22.7. The molecule has 7 nitrogen and oxygen atoms in total. The number of benzene rings is 1. The maximum absolute atomic E-state index is 14.7. The predicted octanol–water partition coefficient (Wildman–Crippen LogP) is 5.57. The van der Waals surface area contributed by atoms with Gasteiger partial charge in [0.1, 0.15) is 17.4 Å². The fraction of sp³-hybridized carbons (Fsp3) is 0.621. The van der Waals surface area contributed by atoms with E-state index in [1.807, 2.05) is 6.92 Å². The van der Waals surface area contributed by atoms with Gasteiger partial charge in [-0.3, -0.25) is 9.59 Å². The molecule has 1 aliphatic carbocycles. The second-order valence-electron chi connectivity index (χ2n) is 10.7. The summed E-state index contributed by atoms with van der Waals surface area (Å²) in [4.78, 5) is 35.0. The molecule has 1 aromatic carbocycles. The average Bonchev–Trinajstić information content (AvgIpc) is 3.40. The lowest BCUT2D eigenvalue weighted by atomic mass is 9.90. The summed E-state index contributed by atoms with van der Waals surface area (Å²) in [6.07, 6.45) is 8.66. The molecular formula is C29H40F2N4O3. The Labute approximate surface area is 223 Å². The molecule has 0 bridgehead atoms. The zero-order chi connectivity index (χ0) is 27.3. The molecule has 2 heterocycles. The number of halogens is 2. The van der Waals surface area contributed by atoms with Crippen molar-refractivity contribution in [2.45, 2.75) is 77.7 Å². The molecule has 1 saturated heterocycles. The van der Waals surface area contributed by atoms with Crippen molar-refractivity contribution in [3.63, 3.8) is 0 Å². The molecule has 0 unspecified atom stereocenters. The van der Waals surface area contributed by atoms with E-state index in [9.17, 15) is 18.4 Å². The molecule has 208 valence electrons. The van der Waals surface area contributed by atoms with Crippen molar-refractivity contribution in [2.75, 3.05) is 26.7 Å². The second-order valence-corrected chi connectivity index (χ2v) is 10.7. The largest absolute Gasteiger partial charge is 0.496 e. The van der Waals surface area contributed by atoms with Crippen LogP contribution in [0.1, 0.15) is 83.5 Å². The van der Waals surface area contributed by atoms with Crippen molar-refractivity contribution in [2.24, 2.45) is 11.3 Å². The summed E-state index contributed by atoms with van der Waals surface area (Å²) in [6, 6.07) is 2.01. The SMILES string of the molecule is CCC(=O)CCCCC[C@H](NC(=O)[C@H]1CC12CCN(CC)CC2)c1ncc(-c2c(OC)ccc(F)c2F)[nH]1. The highest BCUT2D eigenvalue weighted by Crippen LogP contribution is 2.59. The fourth-order valence-electron chi connectivity index (χ4n) is 5.75. The van der Waals surface area contributed by atoms with Crippen LogP contribution in [-0.4, -0.2) is 53.3 Å². The minimum atomic E-state index is -1.01. The highest BCUT2D eigenvalue weighted by Gasteiger charge is 2.58. The number of carbonyl (C=O) groups excluding carboxylic acids is 2. The van der Waals surface area contributed by atoms with Crippen molar-refractivity contribution in [3.05, 3.63) is 35.8 Å². The van der Waals surface area contributed by atoms with Gasteiger partial charge in [-0.05, 0) is 69.3 Å². The van der Waals surface area contributed by atoms with E-state index in [4.69, 9.17) is 4.74 Å². The number of hydrogen-bond acceptors (Lipinski definition) is 5. The Morgan fingerprint density at radius 3 is 2.66 bits per heavy atom. The molecule has 2 atom stereocenters. The lowest BCUT2D eigenvalue weighted by Gasteiger charge is -2.32. The predicted molar refractivity (Wildman–Crippen MR) is 142 cm³/mol. The van der Waals surface area contributed by atoms with Crippen LogP contribution in [0.2, 0.25) is 0 Å². The number of ether oxygens (including phenoxy) is 1. The van der Waals surface area contributed by atoms with E-state index in [2.05, 4.69) is 27.1 Å². The highest BCUT2D eigenvalue weighted by molar-refractivity contribution is 5.83. The summed E-state index contributed by atoms with van der Waals surface area (Å²) >= 11 is 0. The van der Waals surface area contributed by atoms with Crippen LogP contribution in [0, 0.1) is 23.0 Å². The van der Waals surface area contributed by atoms with Crippen LogP contribution < -0.4 is 10.1 Å². The van der Waals surface area contributed by atoms with Gasteiger partial charge in [-0.25, -0.2) is 13.8 Å². The number of unbranched alkanes of at least 4 members (excludes halogenated alkanes) is 2. The number of nitrogens with zero attached hydrogens (tertiary/aromatic N) is 2. The maximum atomic E-state index is 14.7. The molecule has 1 amide bonds. The Kier molecular flexibility index (Phi) is 9.18. The minimum Gasteiger partial charge on any atom is -0.496 e. The first-order chi connectivity index (χ1) is 18.3. The molecule has 9 heteroatoms. The second kappa shape index (κ2) is 12.4. The number of hydrogen-bond donors (Lipinski definition) is 2. The third-order valence-corrected chi connectivity index (χ3v) is 8.44. The van der Waals surface area contributed by atoms with E-state index < -0.39 is 17.7 Å². The number of aromatic amines is 1. The van der Waals surface area contributed by atoms with Crippen LogP contribution in [0.25, 0.3) is 11.3 Å². The van der Waals surface area contributed by atoms with Crippen LogP contribution in [-0.2, 0) is 9.59 Å². The number of Topliss-reactive ketones (excluding diaryl/α,β-unsaturated/α-hetero) is 1. The number of carbonyl (C=O) groups is 2. The first-order valence-electron chi connectivity index (χ1n) is 13.9. The Morgan fingerprint density at radius 2 is 1.97 bits per heavy atom. The molecule has 4 rings (SSSR count). The van der Waals surface area contributed by atoms with E-state index in [1.54, 1.807) is 0 Å². The number of ketones is 1. The number of H-pyrrole nitrogens is 1. The first kappa shape index (κ1) is 28.2. The van der Waals surface area contributed by atoms with Gasteiger partial charge in [0, 0.05) is 18.8 Å². The first-order valence-corrected chi connectivity index (χ1v) is 13.9. The lowest BCUT2D eigenvalue weighted by molar-refractivity contribution is -0.124. The molecule has 2 aromatic rings. The van der Waals surface area contributed by atoms with Gasteiger partial charge in [0.05, 0.1) is 30.6 Å². The number of nitrogens with one attached hydrogen (secondary N) is 2. The summed E-state index contributed by atoms with van der Waals surface area (Å²) in [5.74, 6) is -1.01. The molecule has 2 aliphatic rings. The van der Waals surface area contributed by atoms with Gasteiger partial charge in [-0.15, -0.1) is 0 Å². The smallest absolute Gasteiger partial charge is 0.224 e. The van der Waals surface area contributed by atoms with Crippen molar-refractivity contribution >= 4 is 11.7 Å². The average molecular weight is 531 g/mol. The van der Waals surface area contributed by atoms with Crippen molar-refractivity contribution in [3.8, 4) is 17.0 Å². The fourth-order valence-corrected chi connectivity index (χ4v) is 5.75. The number of piperidine rings is 1. The standard InChI is InChI=1S/C29H40F2N4O3/c1-4-19(36)9-7-6-8-10-22(34-28(37)20-17-29(20)13-15-35(5-2)16-14-29)27-32-18-23(33-27)25-24(38-3)12-11-21(30)26(25)31/h11-12,18,20,22H,4-10,13-17H2,1-3H3,(H,32,33)(H,34,37)/t20-,22+/m1/s1. The summed E-state index contributed by atoms with van der Waals surface area (Å²) in [5, 5.41) is 3.21. The lowest BCUT2D eigenvalue weighted by Crippen LogP contribution is -2.37.